The molecule has 0 saturated heterocycles. The summed E-state index contributed by atoms with van der Waals surface area (Å²) >= 11 is 25.2. The van der Waals surface area contributed by atoms with Gasteiger partial charge in [0.15, 0.2) is 11.5 Å². The van der Waals surface area contributed by atoms with Crippen molar-refractivity contribution in [3.63, 3.8) is 0 Å². The Morgan fingerprint density at radius 3 is 1.69 bits per heavy atom. The van der Waals surface area contributed by atoms with E-state index < -0.39 is 5.41 Å². The fourth-order valence-electron chi connectivity index (χ4n) is 4.61. The zero-order valence-electron chi connectivity index (χ0n) is 16.8. The van der Waals surface area contributed by atoms with Crippen LogP contribution >= 0.6 is 46.4 Å². The monoisotopic (exact) mass is 474 g/mol. The average molecular weight is 476 g/mol. The van der Waals surface area contributed by atoms with Crippen LogP contribution in [0.2, 0.25) is 20.1 Å². The number of rotatable bonds is 4. The molecule has 158 valence electrons. The van der Waals surface area contributed by atoms with Gasteiger partial charge in [0.25, 0.3) is 0 Å². The molecule has 0 bridgehead atoms. The maximum absolute atomic E-state index is 10.1. The van der Waals surface area contributed by atoms with Gasteiger partial charge >= 0.3 is 0 Å². The minimum Gasteiger partial charge on any atom is -0.505 e. The molecule has 2 aromatic rings. The molecule has 2 N–H and O–H groups in total. The van der Waals surface area contributed by atoms with E-state index in [1.165, 1.54) is 0 Å². The number of aromatic hydroxyl groups is 2. The van der Waals surface area contributed by atoms with Crippen LogP contribution in [-0.2, 0) is 5.41 Å². The van der Waals surface area contributed by atoms with Crippen molar-refractivity contribution in [1.29, 1.82) is 0 Å². The number of benzene rings is 2. The Kier molecular flexibility index (Phi) is 6.61. The molecule has 0 aliphatic heterocycles. The predicted octanol–water partition coefficient (Wildman–Crippen LogP) is 8.62. The van der Waals surface area contributed by atoms with E-state index in [0.29, 0.717) is 5.92 Å². The number of phenols is 2. The summed E-state index contributed by atoms with van der Waals surface area (Å²) in [6.45, 7) is 6.83. The molecule has 6 heteroatoms. The lowest BCUT2D eigenvalue weighted by Gasteiger charge is -2.47. The normalized spacial score (nSPS) is 19.3. The molecule has 3 rings (SSSR count). The van der Waals surface area contributed by atoms with E-state index in [0.717, 1.165) is 43.2 Å². The van der Waals surface area contributed by atoms with Gasteiger partial charge in [-0.25, -0.2) is 0 Å². The van der Waals surface area contributed by atoms with Crippen LogP contribution < -0.4 is 0 Å². The highest BCUT2D eigenvalue weighted by Crippen LogP contribution is 2.54. The maximum Gasteiger partial charge on any atom is 0.152 e. The lowest BCUT2D eigenvalue weighted by molar-refractivity contribution is 0.116. The highest BCUT2D eigenvalue weighted by atomic mass is 35.5. The maximum atomic E-state index is 10.1. The molecular weight excluding hydrogens is 450 g/mol. The molecular formula is C23H26Cl4O2. The van der Waals surface area contributed by atoms with Gasteiger partial charge in [0.2, 0.25) is 0 Å². The average Bonchev–Trinajstić information content (AvgIpc) is 2.69. The van der Waals surface area contributed by atoms with Gasteiger partial charge in [-0.05, 0) is 66.0 Å². The molecule has 1 aliphatic carbocycles. The summed E-state index contributed by atoms with van der Waals surface area (Å²) in [5, 5.41) is 21.1. The van der Waals surface area contributed by atoms with E-state index in [1.54, 1.807) is 24.3 Å². The Hall–Kier alpha value is -0.800. The third kappa shape index (κ3) is 4.19. The van der Waals surface area contributed by atoms with Crippen molar-refractivity contribution in [3.8, 4) is 11.5 Å². The smallest absolute Gasteiger partial charge is 0.152 e. The summed E-state index contributed by atoms with van der Waals surface area (Å²) < 4.78 is 0. The van der Waals surface area contributed by atoms with Gasteiger partial charge in [-0.1, -0.05) is 80.0 Å². The molecule has 0 aromatic heterocycles. The molecule has 29 heavy (non-hydrogen) atoms. The Morgan fingerprint density at radius 2 is 1.31 bits per heavy atom. The zero-order valence-corrected chi connectivity index (χ0v) is 19.9. The predicted molar refractivity (Wildman–Crippen MR) is 123 cm³/mol. The van der Waals surface area contributed by atoms with E-state index in [9.17, 15) is 10.2 Å². The fourth-order valence-corrected chi connectivity index (χ4v) is 5.58. The van der Waals surface area contributed by atoms with Gasteiger partial charge < -0.3 is 10.2 Å². The van der Waals surface area contributed by atoms with Gasteiger partial charge in [0.05, 0.1) is 20.1 Å². The van der Waals surface area contributed by atoms with Crippen LogP contribution in [0.1, 0.15) is 64.0 Å². The van der Waals surface area contributed by atoms with E-state index in [2.05, 4.69) is 20.8 Å². The van der Waals surface area contributed by atoms with Gasteiger partial charge in [-0.2, -0.15) is 0 Å². The molecule has 1 aliphatic rings. The topological polar surface area (TPSA) is 40.5 Å². The van der Waals surface area contributed by atoms with Crippen molar-refractivity contribution in [2.75, 3.05) is 0 Å². The molecule has 1 unspecified atom stereocenters. The van der Waals surface area contributed by atoms with Gasteiger partial charge in [-0.3, -0.25) is 0 Å². The molecule has 2 nitrogen and oxygen atoms in total. The van der Waals surface area contributed by atoms with Crippen LogP contribution in [0.25, 0.3) is 0 Å². The van der Waals surface area contributed by atoms with Crippen molar-refractivity contribution >= 4 is 46.4 Å². The zero-order chi connectivity index (χ0) is 21.6. The Balaban J connectivity index is 2.25. The molecule has 1 atom stereocenters. The first kappa shape index (κ1) is 22.9. The number of hydrogen-bond acceptors (Lipinski definition) is 2. The van der Waals surface area contributed by atoms with Crippen molar-refractivity contribution < 1.29 is 10.2 Å². The summed E-state index contributed by atoms with van der Waals surface area (Å²) in [7, 11) is 0. The lowest BCUT2D eigenvalue weighted by atomic mass is 9.57. The summed E-state index contributed by atoms with van der Waals surface area (Å²) in [4.78, 5) is 0. The van der Waals surface area contributed by atoms with Crippen molar-refractivity contribution in [3.05, 3.63) is 55.5 Å². The summed E-state index contributed by atoms with van der Waals surface area (Å²) in [6.07, 6.45) is 4.99. The molecule has 2 aromatic carbocycles. The Labute approximate surface area is 192 Å². The minimum absolute atomic E-state index is 0.116. The number of hydrogen-bond donors (Lipinski definition) is 2. The van der Waals surface area contributed by atoms with E-state index in [4.69, 9.17) is 46.4 Å². The summed E-state index contributed by atoms with van der Waals surface area (Å²) in [6, 6.07) is 7.16. The van der Waals surface area contributed by atoms with Crippen molar-refractivity contribution in [1.82, 2.24) is 0 Å². The van der Waals surface area contributed by atoms with Crippen LogP contribution in [0.15, 0.2) is 24.3 Å². The summed E-state index contributed by atoms with van der Waals surface area (Å²) in [5.74, 6) is 0.240. The second-order valence-corrected chi connectivity index (χ2v) is 10.4. The molecule has 1 fully saturated rings. The molecule has 0 heterocycles. The first-order chi connectivity index (χ1) is 13.5. The Morgan fingerprint density at radius 1 is 0.897 bits per heavy atom. The highest BCUT2D eigenvalue weighted by molar-refractivity contribution is 6.37. The largest absolute Gasteiger partial charge is 0.505 e. The van der Waals surface area contributed by atoms with Gasteiger partial charge in [-0.15, -0.1) is 0 Å². The number of halogens is 4. The quantitative estimate of drug-likeness (QED) is 0.464. The minimum atomic E-state index is -0.419. The van der Waals surface area contributed by atoms with Crippen LogP contribution in [0, 0.1) is 11.3 Å². The van der Waals surface area contributed by atoms with E-state index in [1.807, 2.05) is 0 Å². The second-order valence-electron chi connectivity index (χ2n) is 8.79. The fraction of sp³-hybridized carbons (Fsp3) is 0.478. The van der Waals surface area contributed by atoms with Crippen LogP contribution in [-0.4, -0.2) is 10.2 Å². The molecule has 0 amide bonds. The van der Waals surface area contributed by atoms with Crippen LogP contribution in [0.3, 0.4) is 0 Å². The second kappa shape index (κ2) is 8.38. The lowest BCUT2D eigenvalue weighted by Crippen LogP contribution is -2.39. The Bertz CT molecular complexity index is 820. The van der Waals surface area contributed by atoms with Crippen molar-refractivity contribution in [2.45, 2.75) is 58.3 Å². The molecule has 1 saturated carbocycles. The first-order valence-electron chi connectivity index (χ1n) is 9.89. The van der Waals surface area contributed by atoms with Crippen LogP contribution in [0.4, 0.5) is 0 Å². The van der Waals surface area contributed by atoms with E-state index >= 15 is 0 Å². The van der Waals surface area contributed by atoms with E-state index in [-0.39, 0.29) is 37.0 Å². The van der Waals surface area contributed by atoms with Crippen LogP contribution in [0.5, 0.6) is 11.5 Å². The van der Waals surface area contributed by atoms with Crippen molar-refractivity contribution in [2.24, 2.45) is 11.3 Å². The third-order valence-electron chi connectivity index (χ3n) is 6.91. The summed E-state index contributed by atoms with van der Waals surface area (Å²) in [5.41, 5.74) is 1.61. The third-order valence-corrected chi connectivity index (χ3v) is 8.06. The molecule has 0 spiro atoms. The first-order valence-corrected chi connectivity index (χ1v) is 11.4. The van der Waals surface area contributed by atoms with Gasteiger partial charge in [0.1, 0.15) is 0 Å². The number of phenolic OH excluding ortho intramolecular Hbond substituents is 2. The highest BCUT2D eigenvalue weighted by Gasteiger charge is 2.44. The standard InChI is InChI=1S/C23H26Cl4O2/c1-4-22(2,3)13-6-5-7-23(12-13,14-8-16(24)20(28)17(25)9-14)15-10-18(26)21(29)19(27)11-15/h8-11,13,28-29H,4-7,12H2,1-3H3. The SMILES string of the molecule is CCC(C)(C)C1CCCC(c2cc(Cl)c(O)c(Cl)c2)(c2cc(Cl)c(O)c(Cl)c2)C1. The molecule has 0 radical (unpaired) electrons. The van der Waals surface area contributed by atoms with Gasteiger partial charge in [0, 0.05) is 5.41 Å².